The Labute approximate surface area is 179 Å². The first-order valence-corrected chi connectivity index (χ1v) is 9.10. The Morgan fingerprint density at radius 2 is 2.00 bits per heavy atom. The minimum Gasteiger partial charge on any atom is -0.477 e. The fourth-order valence-corrected chi connectivity index (χ4v) is 2.66. The largest absolute Gasteiger partial charge is 0.477 e. The topological polar surface area (TPSA) is 107 Å². The van der Waals surface area contributed by atoms with Crippen molar-refractivity contribution in [3.05, 3.63) is 81.6 Å². The van der Waals surface area contributed by atoms with E-state index in [1.54, 1.807) is 13.0 Å². The number of carbonyl (C=O) groups is 1. The molecule has 0 radical (unpaired) electrons. The van der Waals surface area contributed by atoms with Crippen molar-refractivity contribution in [2.24, 2.45) is 5.10 Å². The molecule has 166 valence electrons. The summed E-state index contributed by atoms with van der Waals surface area (Å²) in [5.41, 5.74) is 2.00. The number of furan rings is 1. The minimum atomic E-state index is -4.47. The Morgan fingerprint density at radius 1 is 1.22 bits per heavy atom. The number of amides is 1. The molecule has 1 heterocycles. The Morgan fingerprint density at radius 3 is 2.72 bits per heavy atom. The van der Waals surface area contributed by atoms with Crippen LogP contribution in [0.25, 0.3) is 11.3 Å². The number of nitrogens with one attached hydrogen (secondary N) is 1. The fraction of sp³-hybridized carbons (Fsp3) is 0.143. The van der Waals surface area contributed by atoms with Gasteiger partial charge in [-0.3, -0.25) is 14.9 Å². The summed E-state index contributed by atoms with van der Waals surface area (Å²) in [5.74, 6) is -0.357. The molecule has 0 atom stereocenters. The number of ether oxygens (including phenoxy) is 1. The van der Waals surface area contributed by atoms with E-state index in [0.29, 0.717) is 5.56 Å². The first-order chi connectivity index (χ1) is 15.1. The fourth-order valence-electron chi connectivity index (χ4n) is 2.66. The molecule has 8 nitrogen and oxygen atoms in total. The van der Waals surface area contributed by atoms with Gasteiger partial charge in [-0.25, -0.2) is 5.43 Å². The summed E-state index contributed by atoms with van der Waals surface area (Å²) >= 11 is 0. The number of nitrogens with zero attached hydrogens (tertiary/aromatic N) is 2. The Bertz CT molecular complexity index is 1170. The van der Waals surface area contributed by atoms with E-state index in [1.165, 1.54) is 36.4 Å². The highest BCUT2D eigenvalue weighted by atomic mass is 19.4. The van der Waals surface area contributed by atoms with Gasteiger partial charge in [-0.05, 0) is 42.8 Å². The number of benzene rings is 2. The van der Waals surface area contributed by atoms with Gasteiger partial charge in [0.2, 0.25) is 0 Å². The molecule has 0 unspecified atom stereocenters. The predicted octanol–water partition coefficient (Wildman–Crippen LogP) is 4.71. The van der Waals surface area contributed by atoms with Crippen molar-refractivity contribution in [3.63, 3.8) is 0 Å². The van der Waals surface area contributed by atoms with Crippen LogP contribution in [0.2, 0.25) is 0 Å². The van der Waals surface area contributed by atoms with Crippen LogP contribution in [0.4, 0.5) is 18.9 Å². The van der Waals surface area contributed by atoms with Crippen molar-refractivity contribution in [1.82, 2.24) is 5.43 Å². The summed E-state index contributed by atoms with van der Waals surface area (Å²) in [6.07, 6.45) is -3.32. The van der Waals surface area contributed by atoms with Crippen LogP contribution in [0, 0.1) is 17.0 Å². The van der Waals surface area contributed by atoms with E-state index in [0.717, 1.165) is 18.3 Å². The number of hydrogen-bond acceptors (Lipinski definition) is 6. The number of carbonyl (C=O) groups excluding carboxylic acids is 1. The maximum Gasteiger partial charge on any atom is 0.416 e. The third-order valence-corrected chi connectivity index (χ3v) is 4.15. The van der Waals surface area contributed by atoms with E-state index in [-0.39, 0.29) is 28.5 Å². The molecule has 0 saturated carbocycles. The van der Waals surface area contributed by atoms with Crippen LogP contribution < -0.4 is 10.2 Å². The number of rotatable bonds is 7. The molecule has 1 N–H and O–H groups in total. The van der Waals surface area contributed by atoms with Gasteiger partial charge in [-0.2, -0.15) is 18.3 Å². The zero-order valence-corrected chi connectivity index (χ0v) is 16.6. The molecule has 0 aliphatic carbocycles. The van der Waals surface area contributed by atoms with Crippen LogP contribution in [0.3, 0.4) is 0 Å². The molecule has 11 heteroatoms. The van der Waals surface area contributed by atoms with Gasteiger partial charge in [0.05, 0.1) is 16.7 Å². The number of halogens is 3. The maximum atomic E-state index is 12.8. The van der Waals surface area contributed by atoms with Crippen molar-refractivity contribution < 1.29 is 32.0 Å². The molecule has 0 aliphatic heterocycles. The lowest BCUT2D eigenvalue weighted by atomic mass is 10.1. The number of aryl methyl sites for hydroxylation is 1. The smallest absolute Gasteiger partial charge is 0.416 e. The molecule has 2 aromatic carbocycles. The van der Waals surface area contributed by atoms with Crippen LogP contribution in [0.1, 0.15) is 16.9 Å². The summed E-state index contributed by atoms with van der Waals surface area (Å²) in [4.78, 5) is 22.3. The lowest BCUT2D eigenvalue weighted by Gasteiger charge is -2.07. The average Bonchev–Trinajstić information content (AvgIpc) is 3.21. The van der Waals surface area contributed by atoms with E-state index in [4.69, 9.17) is 9.15 Å². The van der Waals surface area contributed by atoms with Gasteiger partial charge in [0, 0.05) is 11.6 Å². The van der Waals surface area contributed by atoms with E-state index in [1.807, 2.05) is 0 Å². The number of hydrazone groups is 1. The summed E-state index contributed by atoms with van der Waals surface area (Å²) in [7, 11) is 0. The molecular weight excluding hydrogens is 431 g/mol. The monoisotopic (exact) mass is 447 g/mol. The van der Waals surface area contributed by atoms with Crippen LogP contribution in [-0.4, -0.2) is 23.7 Å². The van der Waals surface area contributed by atoms with Gasteiger partial charge in [0.25, 0.3) is 5.91 Å². The first-order valence-electron chi connectivity index (χ1n) is 9.10. The Balaban J connectivity index is 1.58. The second-order valence-electron chi connectivity index (χ2n) is 6.59. The van der Waals surface area contributed by atoms with Crippen LogP contribution >= 0.6 is 0 Å². The molecule has 0 spiro atoms. The highest BCUT2D eigenvalue weighted by molar-refractivity contribution is 5.81. The average molecular weight is 447 g/mol. The van der Waals surface area contributed by atoms with Crippen LogP contribution in [0.5, 0.6) is 5.75 Å². The maximum absolute atomic E-state index is 12.8. The van der Waals surface area contributed by atoms with Crippen molar-refractivity contribution in [1.29, 1.82) is 0 Å². The van der Waals surface area contributed by atoms with Crippen LogP contribution in [-0.2, 0) is 11.0 Å². The standard InChI is InChI=1S/C21H16F3N3O5/c1-13-5-7-19(17(9-13)27(29)30)31-12-20(28)26-25-11-16-6-8-18(32-16)14-3-2-4-15(10-14)21(22,23)24/h2-11H,12H2,1H3,(H,26,28)/b25-11-. The molecule has 0 bridgehead atoms. The van der Waals surface area contributed by atoms with Crippen molar-refractivity contribution in [2.45, 2.75) is 13.1 Å². The molecule has 3 rings (SSSR count). The Hall–Kier alpha value is -4.15. The van der Waals surface area contributed by atoms with E-state index in [2.05, 4.69) is 10.5 Å². The number of nitro groups is 1. The highest BCUT2D eigenvalue weighted by Crippen LogP contribution is 2.32. The highest BCUT2D eigenvalue weighted by Gasteiger charge is 2.30. The molecular formula is C21H16F3N3O5. The quantitative estimate of drug-likeness (QED) is 0.321. The number of nitro benzene ring substituents is 1. The normalized spacial score (nSPS) is 11.5. The third-order valence-electron chi connectivity index (χ3n) is 4.15. The summed E-state index contributed by atoms with van der Waals surface area (Å²) in [6, 6.07) is 11.9. The van der Waals surface area contributed by atoms with E-state index >= 15 is 0 Å². The summed E-state index contributed by atoms with van der Waals surface area (Å²) in [6.45, 7) is 1.17. The van der Waals surface area contributed by atoms with E-state index < -0.39 is 29.2 Å². The molecule has 0 fully saturated rings. The summed E-state index contributed by atoms with van der Waals surface area (Å²) < 4.78 is 49.1. The van der Waals surface area contributed by atoms with Gasteiger partial charge in [-0.1, -0.05) is 18.2 Å². The molecule has 0 saturated heterocycles. The lowest BCUT2D eigenvalue weighted by Crippen LogP contribution is -2.24. The van der Waals surface area contributed by atoms with Crippen LogP contribution in [0.15, 0.2) is 64.1 Å². The molecule has 3 aromatic rings. The van der Waals surface area contributed by atoms with Gasteiger partial charge in [-0.15, -0.1) is 0 Å². The minimum absolute atomic E-state index is 0.0588. The summed E-state index contributed by atoms with van der Waals surface area (Å²) in [5, 5.41) is 14.7. The second-order valence-corrected chi connectivity index (χ2v) is 6.59. The lowest BCUT2D eigenvalue weighted by molar-refractivity contribution is -0.385. The second kappa shape index (κ2) is 9.33. The Kier molecular flexibility index (Phi) is 6.57. The van der Waals surface area contributed by atoms with Gasteiger partial charge >= 0.3 is 11.9 Å². The zero-order valence-electron chi connectivity index (χ0n) is 16.6. The zero-order chi connectivity index (χ0) is 23.3. The van der Waals surface area contributed by atoms with Crippen molar-refractivity contribution >= 4 is 17.8 Å². The van der Waals surface area contributed by atoms with Crippen molar-refractivity contribution in [2.75, 3.05) is 6.61 Å². The van der Waals surface area contributed by atoms with Gasteiger partial charge in [0.1, 0.15) is 11.5 Å². The first kappa shape index (κ1) is 22.5. The van der Waals surface area contributed by atoms with Crippen molar-refractivity contribution in [3.8, 4) is 17.1 Å². The van der Waals surface area contributed by atoms with E-state index in [9.17, 15) is 28.1 Å². The predicted molar refractivity (Wildman–Crippen MR) is 108 cm³/mol. The van der Waals surface area contributed by atoms with Gasteiger partial charge < -0.3 is 9.15 Å². The molecule has 32 heavy (non-hydrogen) atoms. The number of alkyl halides is 3. The molecule has 1 aromatic heterocycles. The number of hydrogen-bond donors (Lipinski definition) is 1. The SMILES string of the molecule is Cc1ccc(OCC(=O)N/N=C\c2ccc(-c3cccc(C(F)(F)F)c3)o2)c([N+](=O)[O-])c1. The third kappa shape index (κ3) is 5.72. The molecule has 1 amide bonds. The van der Waals surface area contributed by atoms with Gasteiger partial charge in [0.15, 0.2) is 12.4 Å². The molecule has 0 aliphatic rings.